The Morgan fingerprint density at radius 1 is 0.306 bits per heavy atom. The molecule has 0 radical (unpaired) electrons. The lowest BCUT2D eigenvalue weighted by Gasteiger charge is -2.26. The number of hydrogen-bond acceptors (Lipinski definition) is 3. The summed E-state index contributed by atoms with van der Waals surface area (Å²) in [6.45, 7) is 0. The predicted molar refractivity (Wildman–Crippen MR) is 204 cm³/mol. The van der Waals surface area contributed by atoms with E-state index < -0.39 is 0 Å². The van der Waals surface area contributed by atoms with Crippen LogP contribution in [0.2, 0.25) is 0 Å². The van der Waals surface area contributed by atoms with E-state index in [1.807, 2.05) is 12.1 Å². The van der Waals surface area contributed by atoms with E-state index >= 15 is 0 Å². The molecule has 230 valence electrons. The first-order valence-electron chi connectivity index (χ1n) is 16.6. The number of hydrogen-bond donors (Lipinski definition) is 0. The molecule has 0 bridgehead atoms. The molecular weight excluding hydrogens is 599 g/mol. The maximum absolute atomic E-state index is 6.60. The minimum absolute atomic E-state index is 0.866. The van der Waals surface area contributed by atoms with E-state index in [0.29, 0.717) is 0 Å². The molecule has 0 atom stereocenters. The Kier molecular flexibility index (Phi) is 6.18. The number of furan rings is 2. The summed E-state index contributed by atoms with van der Waals surface area (Å²) in [5.74, 6) is 0. The average Bonchev–Trinajstić information content (AvgIpc) is 3.73. The second kappa shape index (κ2) is 11.0. The summed E-state index contributed by atoms with van der Waals surface area (Å²) >= 11 is 0. The molecule has 8 aromatic carbocycles. The van der Waals surface area contributed by atoms with Gasteiger partial charge in [-0.15, -0.1) is 0 Å². The summed E-state index contributed by atoms with van der Waals surface area (Å²) in [5.41, 5.74) is 11.4. The maximum atomic E-state index is 6.60. The molecule has 0 aliphatic heterocycles. The van der Waals surface area contributed by atoms with E-state index in [1.54, 1.807) is 0 Å². The van der Waals surface area contributed by atoms with Gasteiger partial charge in [0.25, 0.3) is 0 Å². The van der Waals surface area contributed by atoms with Crippen molar-refractivity contribution in [2.24, 2.45) is 0 Å². The van der Waals surface area contributed by atoms with Crippen LogP contribution in [0.5, 0.6) is 0 Å². The van der Waals surface area contributed by atoms with Crippen LogP contribution >= 0.6 is 0 Å². The number of para-hydroxylation sites is 1. The highest BCUT2D eigenvalue weighted by Crippen LogP contribution is 2.44. The SMILES string of the molecule is c1ccc(-c2ccc(N(c3ccc4oc5ccccc5c4c3)c3ccc4oc5cc(-c6ccccc6)c6ccccc6c5c4c3)cc2)cc1. The van der Waals surface area contributed by atoms with Crippen molar-refractivity contribution in [2.45, 2.75) is 0 Å². The van der Waals surface area contributed by atoms with Crippen molar-refractivity contribution in [1.29, 1.82) is 0 Å². The van der Waals surface area contributed by atoms with Gasteiger partial charge in [0.1, 0.15) is 22.3 Å². The zero-order valence-electron chi connectivity index (χ0n) is 26.5. The van der Waals surface area contributed by atoms with Crippen molar-refractivity contribution in [3.8, 4) is 22.3 Å². The van der Waals surface area contributed by atoms with Gasteiger partial charge in [0.2, 0.25) is 0 Å². The first-order valence-corrected chi connectivity index (χ1v) is 16.6. The van der Waals surface area contributed by atoms with Gasteiger partial charge >= 0.3 is 0 Å². The summed E-state index contributed by atoms with van der Waals surface area (Å²) in [6, 6.07) is 62.0. The lowest BCUT2D eigenvalue weighted by molar-refractivity contribution is 0.669. The van der Waals surface area contributed by atoms with Crippen molar-refractivity contribution < 1.29 is 8.83 Å². The Morgan fingerprint density at radius 3 is 1.55 bits per heavy atom. The van der Waals surface area contributed by atoms with Crippen LogP contribution in [0.15, 0.2) is 185 Å². The van der Waals surface area contributed by atoms with E-state index in [9.17, 15) is 0 Å². The molecule has 0 spiro atoms. The second-order valence-electron chi connectivity index (χ2n) is 12.5. The summed E-state index contributed by atoms with van der Waals surface area (Å²) < 4.78 is 12.8. The van der Waals surface area contributed by atoms with Crippen LogP contribution < -0.4 is 4.90 Å². The van der Waals surface area contributed by atoms with Gasteiger partial charge in [0, 0.05) is 38.6 Å². The summed E-state index contributed by atoms with van der Waals surface area (Å²) in [7, 11) is 0. The molecule has 0 saturated heterocycles. The van der Waals surface area contributed by atoms with Gasteiger partial charge in [0.05, 0.1) is 0 Å². The highest BCUT2D eigenvalue weighted by Gasteiger charge is 2.20. The Labute approximate surface area is 282 Å². The van der Waals surface area contributed by atoms with Crippen LogP contribution in [0.25, 0.3) is 76.9 Å². The third kappa shape index (κ3) is 4.51. The van der Waals surface area contributed by atoms with Gasteiger partial charge in [0.15, 0.2) is 0 Å². The Balaban J connectivity index is 1.19. The predicted octanol–water partition coefficient (Wildman–Crippen LogP) is 13.4. The number of nitrogens with zero attached hydrogens (tertiary/aromatic N) is 1. The first kappa shape index (κ1) is 27.5. The van der Waals surface area contributed by atoms with Gasteiger partial charge < -0.3 is 13.7 Å². The third-order valence-electron chi connectivity index (χ3n) is 9.65. The number of fused-ring (bicyclic) bond motifs is 8. The maximum Gasteiger partial charge on any atom is 0.136 e. The van der Waals surface area contributed by atoms with Gasteiger partial charge in [-0.1, -0.05) is 115 Å². The Bertz CT molecular complexity index is 2810. The minimum atomic E-state index is 0.866. The Morgan fingerprint density at radius 2 is 0.816 bits per heavy atom. The standard InChI is InChI=1S/C46H29NO2/c1-3-11-30(12-4-1)31-19-21-33(22-20-31)47(34-23-25-43-40(27-34)37-16-9-10-18-42(37)48-43)35-24-26-44-41(28-35)46-38-17-8-7-15-36(38)39(29-45(46)49-44)32-13-5-2-6-14-32/h1-29H. The van der Waals surface area contributed by atoms with Gasteiger partial charge in [-0.2, -0.15) is 0 Å². The zero-order chi connectivity index (χ0) is 32.3. The van der Waals surface area contributed by atoms with Gasteiger partial charge in [-0.25, -0.2) is 0 Å². The zero-order valence-corrected chi connectivity index (χ0v) is 26.5. The monoisotopic (exact) mass is 627 g/mol. The van der Waals surface area contributed by atoms with Crippen LogP contribution in [-0.2, 0) is 0 Å². The molecule has 0 amide bonds. The molecule has 3 heteroatoms. The molecule has 3 nitrogen and oxygen atoms in total. The van der Waals surface area contributed by atoms with Crippen LogP contribution in [0, 0.1) is 0 Å². The van der Waals surface area contributed by atoms with Crippen molar-refractivity contribution in [3.05, 3.63) is 176 Å². The van der Waals surface area contributed by atoms with E-state index in [-0.39, 0.29) is 0 Å². The number of rotatable bonds is 5. The topological polar surface area (TPSA) is 29.5 Å². The van der Waals surface area contributed by atoms with E-state index in [4.69, 9.17) is 8.83 Å². The van der Waals surface area contributed by atoms with Crippen molar-refractivity contribution in [1.82, 2.24) is 0 Å². The van der Waals surface area contributed by atoms with Crippen molar-refractivity contribution in [3.63, 3.8) is 0 Å². The lowest BCUT2D eigenvalue weighted by atomic mass is 9.95. The third-order valence-corrected chi connectivity index (χ3v) is 9.65. The smallest absolute Gasteiger partial charge is 0.136 e. The van der Waals surface area contributed by atoms with Crippen molar-refractivity contribution in [2.75, 3.05) is 4.90 Å². The molecule has 2 aromatic heterocycles. The molecule has 0 aliphatic rings. The van der Waals surface area contributed by atoms with Crippen molar-refractivity contribution >= 4 is 71.7 Å². The molecule has 2 heterocycles. The normalized spacial score (nSPS) is 11.7. The highest BCUT2D eigenvalue weighted by molar-refractivity contribution is 6.22. The first-order chi connectivity index (χ1) is 24.3. The average molecular weight is 628 g/mol. The molecular formula is C46H29NO2. The molecule has 10 rings (SSSR count). The van der Waals surface area contributed by atoms with Gasteiger partial charge in [-0.3, -0.25) is 0 Å². The largest absolute Gasteiger partial charge is 0.456 e. The molecule has 0 fully saturated rings. The lowest BCUT2D eigenvalue weighted by Crippen LogP contribution is -2.09. The summed E-state index contributed by atoms with van der Waals surface area (Å²) in [5, 5.41) is 6.80. The van der Waals surface area contributed by atoms with Crippen LogP contribution in [0.4, 0.5) is 17.1 Å². The molecule has 49 heavy (non-hydrogen) atoms. The second-order valence-corrected chi connectivity index (χ2v) is 12.5. The quantitative estimate of drug-likeness (QED) is 0.190. The summed E-state index contributed by atoms with van der Waals surface area (Å²) in [4.78, 5) is 2.33. The van der Waals surface area contributed by atoms with Crippen LogP contribution in [0.1, 0.15) is 0 Å². The fraction of sp³-hybridized carbons (Fsp3) is 0. The minimum Gasteiger partial charge on any atom is -0.456 e. The van der Waals surface area contributed by atoms with Crippen LogP contribution in [0.3, 0.4) is 0 Å². The number of anilines is 3. The fourth-order valence-electron chi connectivity index (χ4n) is 7.36. The molecule has 10 aromatic rings. The highest BCUT2D eigenvalue weighted by atomic mass is 16.3. The van der Waals surface area contributed by atoms with E-state index in [2.05, 4.69) is 169 Å². The Hall–Kier alpha value is -6.58. The van der Waals surface area contributed by atoms with Crippen LogP contribution in [-0.4, -0.2) is 0 Å². The molecule has 0 N–H and O–H groups in total. The molecule has 0 aliphatic carbocycles. The molecule has 0 unspecified atom stereocenters. The van der Waals surface area contributed by atoms with E-state index in [0.717, 1.165) is 60.9 Å². The van der Waals surface area contributed by atoms with Gasteiger partial charge in [-0.05, 0) is 93.7 Å². The fourth-order valence-corrected chi connectivity index (χ4v) is 7.36. The van der Waals surface area contributed by atoms with E-state index in [1.165, 1.54) is 33.0 Å². The summed E-state index contributed by atoms with van der Waals surface area (Å²) in [6.07, 6.45) is 0. The molecule has 0 saturated carbocycles. The number of benzene rings is 8.